The second-order valence-electron chi connectivity index (χ2n) is 8.55. The van der Waals surface area contributed by atoms with Crippen molar-refractivity contribution in [2.75, 3.05) is 6.61 Å². The van der Waals surface area contributed by atoms with E-state index >= 15 is 4.39 Å². The number of hydrogen-bond acceptors (Lipinski definition) is 2. The van der Waals surface area contributed by atoms with Gasteiger partial charge in [-0.2, -0.15) is 0 Å². The Kier molecular flexibility index (Phi) is 6.22. The van der Waals surface area contributed by atoms with Gasteiger partial charge < -0.3 is 9.16 Å². The second-order valence-corrected chi connectivity index (χ2v) is 13.3. The molecule has 0 spiro atoms. The van der Waals surface area contributed by atoms with Crippen molar-refractivity contribution < 1.29 is 13.6 Å². The first kappa shape index (κ1) is 20.3. The van der Waals surface area contributed by atoms with E-state index < -0.39 is 19.6 Å². The Labute approximate surface area is 142 Å². The maximum Gasteiger partial charge on any atom is 0.192 e. The molecule has 0 N–H and O–H groups in total. The van der Waals surface area contributed by atoms with Gasteiger partial charge in [0.05, 0.1) is 18.8 Å². The molecule has 0 saturated carbocycles. The molecule has 0 fully saturated rings. The van der Waals surface area contributed by atoms with Gasteiger partial charge in [0.1, 0.15) is 0 Å². The minimum Gasteiger partial charge on any atom is -0.409 e. The van der Waals surface area contributed by atoms with Gasteiger partial charge in [0.15, 0.2) is 14.0 Å². The Morgan fingerprint density at radius 3 is 1.96 bits per heavy atom. The summed E-state index contributed by atoms with van der Waals surface area (Å²) in [6.07, 6.45) is 0. The summed E-state index contributed by atoms with van der Waals surface area (Å²) in [4.78, 5) is 0. The number of hydrogen-bond donors (Lipinski definition) is 0. The molecule has 0 saturated heterocycles. The predicted molar refractivity (Wildman–Crippen MR) is 98.0 cm³/mol. The Balaban J connectivity index is 2.69. The molecule has 1 aromatic carbocycles. The smallest absolute Gasteiger partial charge is 0.192 e. The lowest BCUT2D eigenvalue weighted by molar-refractivity contribution is -0.102. The summed E-state index contributed by atoms with van der Waals surface area (Å²) in [5.41, 5.74) is -1.41. The summed E-state index contributed by atoms with van der Waals surface area (Å²) in [5.74, 6) is 0. The largest absolute Gasteiger partial charge is 0.409 e. The van der Waals surface area contributed by atoms with Gasteiger partial charge in [-0.15, -0.1) is 0 Å². The maximum absolute atomic E-state index is 15.3. The van der Waals surface area contributed by atoms with E-state index in [0.29, 0.717) is 6.61 Å². The van der Waals surface area contributed by atoms with E-state index in [4.69, 9.17) is 9.16 Å². The average molecular weight is 341 g/mol. The summed E-state index contributed by atoms with van der Waals surface area (Å²) in [7, 11) is -2.05. The Hall–Kier alpha value is -0.713. The van der Waals surface area contributed by atoms with Crippen LogP contribution >= 0.6 is 0 Å². The quantitative estimate of drug-likeness (QED) is 0.590. The number of alkyl halides is 1. The maximum atomic E-state index is 15.3. The van der Waals surface area contributed by atoms with Gasteiger partial charge in [0, 0.05) is 0 Å². The van der Waals surface area contributed by atoms with Crippen molar-refractivity contribution in [2.24, 2.45) is 0 Å². The Morgan fingerprint density at radius 2 is 1.48 bits per heavy atom. The summed E-state index contributed by atoms with van der Waals surface area (Å²) in [6.45, 7) is 16.5. The van der Waals surface area contributed by atoms with E-state index in [-0.39, 0.29) is 11.6 Å². The van der Waals surface area contributed by atoms with E-state index in [0.717, 1.165) is 5.56 Å². The lowest BCUT2D eigenvalue weighted by Crippen LogP contribution is -2.57. The number of benzene rings is 1. The van der Waals surface area contributed by atoms with Crippen LogP contribution in [-0.2, 0) is 15.8 Å². The predicted octanol–water partition coefficient (Wildman–Crippen LogP) is 5.73. The summed E-state index contributed by atoms with van der Waals surface area (Å²) in [6, 6.07) is 9.83. The lowest BCUT2D eigenvalue weighted by atomic mass is 9.90. The fraction of sp³-hybridized carbons (Fsp3) is 0.684. The van der Waals surface area contributed by atoms with Crippen molar-refractivity contribution in [2.45, 2.75) is 77.6 Å². The molecule has 0 bridgehead atoms. The van der Waals surface area contributed by atoms with Crippen LogP contribution in [0.5, 0.6) is 0 Å². The van der Waals surface area contributed by atoms with Crippen LogP contribution in [0.4, 0.5) is 4.39 Å². The first-order chi connectivity index (χ1) is 10.3. The van der Waals surface area contributed by atoms with E-state index in [1.54, 1.807) is 6.92 Å². The van der Waals surface area contributed by atoms with Gasteiger partial charge in [-0.25, -0.2) is 4.39 Å². The van der Waals surface area contributed by atoms with Gasteiger partial charge in [-0.05, 0) is 44.5 Å². The highest BCUT2D eigenvalue weighted by molar-refractivity contribution is 6.74. The van der Waals surface area contributed by atoms with Crippen molar-refractivity contribution >= 4 is 8.32 Å². The van der Waals surface area contributed by atoms with Crippen molar-refractivity contribution in [3.05, 3.63) is 35.9 Å². The zero-order valence-corrected chi connectivity index (χ0v) is 17.0. The van der Waals surface area contributed by atoms with Gasteiger partial charge in [-0.3, -0.25) is 0 Å². The van der Waals surface area contributed by atoms with Crippen molar-refractivity contribution in [1.29, 1.82) is 0 Å². The topological polar surface area (TPSA) is 18.5 Å². The molecule has 1 aromatic rings. The zero-order chi connectivity index (χ0) is 17.9. The van der Waals surface area contributed by atoms with Crippen molar-refractivity contribution in [3.63, 3.8) is 0 Å². The fourth-order valence-corrected chi connectivity index (χ4v) is 3.80. The highest BCUT2D eigenvalue weighted by Crippen LogP contribution is 2.42. The van der Waals surface area contributed by atoms with Crippen LogP contribution < -0.4 is 0 Å². The zero-order valence-electron chi connectivity index (χ0n) is 16.0. The van der Waals surface area contributed by atoms with Crippen LogP contribution in [0.25, 0.3) is 0 Å². The molecule has 0 aromatic heterocycles. The van der Waals surface area contributed by atoms with Crippen LogP contribution in [0, 0.1) is 0 Å². The third kappa shape index (κ3) is 5.40. The molecular formula is C19H33FO2Si. The lowest BCUT2D eigenvalue weighted by Gasteiger charge is -2.47. The Bertz CT molecular complexity index is 490. The van der Waals surface area contributed by atoms with E-state index in [1.807, 2.05) is 44.2 Å². The third-order valence-corrected chi connectivity index (χ3v) is 9.69. The van der Waals surface area contributed by atoms with Crippen LogP contribution in [0.3, 0.4) is 0 Å². The van der Waals surface area contributed by atoms with Crippen LogP contribution in [-0.4, -0.2) is 26.2 Å². The summed E-state index contributed by atoms with van der Waals surface area (Å²) in [5, 5.41) is 0.0469. The molecule has 0 radical (unpaired) electrons. The molecule has 0 heterocycles. The van der Waals surface area contributed by atoms with E-state index in [1.165, 1.54) is 0 Å². The fourth-order valence-electron chi connectivity index (χ4n) is 2.01. The van der Waals surface area contributed by atoms with Crippen molar-refractivity contribution in [1.82, 2.24) is 0 Å². The van der Waals surface area contributed by atoms with E-state index in [2.05, 4.69) is 33.9 Å². The first-order valence-corrected chi connectivity index (χ1v) is 11.2. The van der Waals surface area contributed by atoms with Crippen molar-refractivity contribution in [3.8, 4) is 0 Å². The molecule has 132 valence electrons. The standard InChI is InChI=1S/C19H33FO2Si/c1-17(2,3)23(7,8)22-18(4,5)19(6,20)15-21-14-16-12-10-9-11-13-16/h9-13H,14-15H2,1-8H3. The highest BCUT2D eigenvalue weighted by atomic mass is 28.4. The van der Waals surface area contributed by atoms with Crippen LogP contribution in [0.1, 0.15) is 47.1 Å². The molecule has 1 unspecified atom stereocenters. The summed E-state index contributed by atoms with van der Waals surface area (Å²) >= 11 is 0. The van der Waals surface area contributed by atoms with Gasteiger partial charge in [0.2, 0.25) is 0 Å². The summed E-state index contributed by atoms with van der Waals surface area (Å²) < 4.78 is 27.2. The molecule has 0 aliphatic rings. The minimum absolute atomic E-state index is 0.0174. The Morgan fingerprint density at radius 1 is 0.957 bits per heavy atom. The highest BCUT2D eigenvalue weighted by Gasteiger charge is 2.49. The second kappa shape index (κ2) is 7.04. The molecule has 4 heteroatoms. The molecule has 0 aliphatic carbocycles. The molecule has 23 heavy (non-hydrogen) atoms. The first-order valence-electron chi connectivity index (χ1n) is 8.29. The number of ether oxygens (including phenoxy) is 1. The van der Waals surface area contributed by atoms with Gasteiger partial charge in [0.25, 0.3) is 0 Å². The molecular weight excluding hydrogens is 307 g/mol. The van der Waals surface area contributed by atoms with Crippen LogP contribution in [0.15, 0.2) is 30.3 Å². The van der Waals surface area contributed by atoms with Gasteiger partial charge >= 0.3 is 0 Å². The minimum atomic E-state index is -2.05. The molecule has 2 nitrogen and oxygen atoms in total. The molecule has 1 rings (SSSR count). The molecule has 1 atom stereocenters. The normalized spacial score (nSPS) is 16.2. The average Bonchev–Trinajstić information content (AvgIpc) is 2.37. The van der Waals surface area contributed by atoms with Crippen LogP contribution in [0.2, 0.25) is 18.1 Å². The van der Waals surface area contributed by atoms with E-state index in [9.17, 15) is 0 Å². The third-order valence-electron chi connectivity index (χ3n) is 5.06. The number of halogens is 1. The molecule has 0 amide bonds. The molecule has 0 aliphatic heterocycles. The number of rotatable bonds is 7. The van der Waals surface area contributed by atoms with Gasteiger partial charge in [-0.1, -0.05) is 51.1 Å². The SMILES string of the molecule is CC(F)(COCc1ccccc1)C(C)(C)O[Si](C)(C)C(C)(C)C. The monoisotopic (exact) mass is 340 g/mol.